The zero-order valence-electron chi connectivity index (χ0n) is 21.9. The van der Waals surface area contributed by atoms with E-state index in [2.05, 4.69) is 11.4 Å². The third-order valence-electron chi connectivity index (χ3n) is 6.28. The van der Waals surface area contributed by atoms with Crippen molar-refractivity contribution in [2.24, 2.45) is 0 Å². The quantitative estimate of drug-likeness (QED) is 0.121. The number of amides is 3. The van der Waals surface area contributed by atoms with Gasteiger partial charge in [-0.2, -0.15) is 5.26 Å². The average Bonchev–Trinajstić information content (AvgIpc) is 3.28. The summed E-state index contributed by atoms with van der Waals surface area (Å²) in [6, 6.07) is 20.8. The van der Waals surface area contributed by atoms with Crippen molar-refractivity contribution in [3.8, 4) is 6.07 Å². The molecule has 1 aliphatic rings. The third kappa shape index (κ3) is 9.08. The number of carbonyl (C=O) groups is 4. The second-order valence-corrected chi connectivity index (χ2v) is 9.11. The van der Waals surface area contributed by atoms with Crippen LogP contribution >= 0.6 is 0 Å². The molecule has 3 rings (SSSR count). The lowest BCUT2D eigenvalue weighted by Gasteiger charge is -2.13. The Balaban J connectivity index is 1.31. The molecule has 39 heavy (non-hydrogen) atoms. The number of hydrogen-bond acceptors (Lipinski definition) is 6. The molecule has 0 radical (unpaired) electrons. The minimum atomic E-state index is -0.620. The van der Waals surface area contributed by atoms with Crippen molar-refractivity contribution < 1.29 is 23.9 Å². The predicted octanol–water partition coefficient (Wildman–Crippen LogP) is 4.33. The first-order valence-electron chi connectivity index (χ1n) is 13.2. The summed E-state index contributed by atoms with van der Waals surface area (Å²) in [5, 5.41) is 12.6. The van der Waals surface area contributed by atoms with Gasteiger partial charge in [0.25, 0.3) is 11.8 Å². The Hall–Kier alpha value is -4.51. The Morgan fingerprint density at radius 1 is 0.795 bits per heavy atom. The number of unbranched alkanes of at least 4 members (excludes halogenated alkanes) is 5. The fraction of sp³-hybridized carbons (Fsp3) is 0.323. The largest absolute Gasteiger partial charge is 0.462 e. The van der Waals surface area contributed by atoms with E-state index in [0.717, 1.165) is 48.1 Å². The summed E-state index contributed by atoms with van der Waals surface area (Å²) in [6.07, 6.45) is 7.85. The molecular weight excluding hydrogens is 494 g/mol. The minimum absolute atomic E-state index is 0.00950. The molecule has 3 amide bonds. The average molecular weight is 528 g/mol. The molecule has 8 nitrogen and oxygen atoms in total. The van der Waals surface area contributed by atoms with E-state index >= 15 is 0 Å². The molecule has 0 spiro atoms. The zero-order valence-corrected chi connectivity index (χ0v) is 21.9. The highest BCUT2D eigenvalue weighted by molar-refractivity contribution is 6.13. The van der Waals surface area contributed by atoms with Crippen LogP contribution < -0.4 is 5.32 Å². The number of benzene rings is 2. The summed E-state index contributed by atoms with van der Waals surface area (Å²) in [6.45, 7) is 0.881. The van der Waals surface area contributed by atoms with Gasteiger partial charge in [-0.3, -0.25) is 19.3 Å². The van der Waals surface area contributed by atoms with Crippen LogP contribution in [-0.2, 0) is 23.9 Å². The monoisotopic (exact) mass is 527 g/mol. The van der Waals surface area contributed by atoms with Crippen LogP contribution in [0.5, 0.6) is 0 Å². The summed E-state index contributed by atoms with van der Waals surface area (Å²) in [5.41, 5.74) is 2.11. The van der Waals surface area contributed by atoms with Gasteiger partial charge in [-0.15, -0.1) is 0 Å². The first-order chi connectivity index (χ1) is 19.0. The van der Waals surface area contributed by atoms with E-state index in [1.54, 1.807) is 0 Å². The van der Waals surface area contributed by atoms with Gasteiger partial charge in [0.15, 0.2) is 0 Å². The molecule has 2 aromatic rings. The SMILES string of the molecule is N#CC(C(=O)OCCCCCCCCNC(=O)CCN1C(=O)C=CC1=O)=C(c1ccccc1)c1ccccc1. The molecule has 0 saturated carbocycles. The number of rotatable bonds is 15. The predicted molar refractivity (Wildman–Crippen MR) is 147 cm³/mol. The van der Waals surface area contributed by atoms with E-state index in [9.17, 15) is 24.4 Å². The van der Waals surface area contributed by atoms with Crippen LogP contribution in [0, 0.1) is 11.3 Å². The topological polar surface area (TPSA) is 117 Å². The van der Waals surface area contributed by atoms with Crippen molar-refractivity contribution in [3.63, 3.8) is 0 Å². The third-order valence-corrected chi connectivity index (χ3v) is 6.28. The summed E-state index contributed by atoms with van der Waals surface area (Å²) in [5.74, 6) is -1.56. The Labute approximate surface area is 228 Å². The van der Waals surface area contributed by atoms with Gasteiger partial charge in [0.2, 0.25) is 5.91 Å². The maximum Gasteiger partial charge on any atom is 0.349 e. The van der Waals surface area contributed by atoms with Gasteiger partial charge in [0, 0.05) is 37.2 Å². The first-order valence-corrected chi connectivity index (χ1v) is 13.2. The number of carbonyl (C=O) groups excluding carboxylic acids is 4. The van der Waals surface area contributed by atoms with Gasteiger partial charge in [0.05, 0.1) is 6.61 Å². The van der Waals surface area contributed by atoms with Crippen LogP contribution in [0.3, 0.4) is 0 Å². The highest BCUT2D eigenvalue weighted by Gasteiger charge is 2.23. The summed E-state index contributed by atoms with van der Waals surface area (Å²) in [4.78, 5) is 48.7. The van der Waals surface area contributed by atoms with Gasteiger partial charge >= 0.3 is 5.97 Å². The van der Waals surface area contributed by atoms with Gasteiger partial charge in [0.1, 0.15) is 11.6 Å². The molecule has 0 aromatic heterocycles. The Kier molecular flexibility index (Phi) is 11.7. The standard InChI is InChI=1S/C31H33N3O5/c32-23-26(30(24-13-7-5-8-14-24)25-15-9-6-10-16-25)31(38)39-22-12-4-2-1-3-11-20-33-27(35)19-21-34-28(36)17-18-29(34)37/h5-10,13-18H,1-4,11-12,19-22H2,(H,33,35). The minimum Gasteiger partial charge on any atom is -0.462 e. The van der Waals surface area contributed by atoms with Crippen LogP contribution in [0.2, 0.25) is 0 Å². The number of nitrogens with one attached hydrogen (secondary N) is 1. The molecule has 0 saturated heterocycles. The van der Waals surface area contributed by atoms with Gasteiger partial charge in [-0.25, -0.2) is 4.79 Å². The van der Waals surface area contributed by atoms with E-state index in [1.165, 1.54) is 12.2 Å². The number of esters is 1. The molecule has 1 heterocycles. The van der Waals surface area contributed by atoms with Crippen molar-refractivity contribution in [1.82, 2.24) is 10.2 Å². The second kappa shape index (κ2) is 15.7. The highest BCUT2D eigenvalue weighted by atomic mass is 16.5. The van der Waals surface area contributed by atoms with Gasteiger partial charge in [-0.1, -0.05) is 86.3 Å². The van der Waals surface area contributed by atoms with Crippen molar-refractivity contribution in [3.05, 3.63) is 89.5 Å². The molecule has 8 heteroatoms. The van der Waals surface area contributed by atoms with Crippen molar-refractivity contribution in [2.45, 2.75) is 44.9 Å². The molecule has 1 N–H and O–H groups in total. The van der Waals surface area contributed by atoms with Crippen LogP contribution in [0.25, 0.3) is 5.57 Å². The molecule has 202 valence electrons. The zero-order chi connectivity index (χ0) is 27.9. The number of nitrogens with zero attached hydrogens (tertiary/aromatic N) is 2. The normalized spacial score (nSPS) is 12.2. The van der Waals surface area contributed by atoms with E-state index in [-0.39, 0.29) is 42.9 Å². The lowest BCUT2D eigenvalue weighted by atomic mass is 9.93. The fourth-order valence-electron chi connectivity index (χ4n) is 4.22. The maximum absolute atomic E-state index is 12.8. The Morgan fingerprint density at radius 3 is 1.90 bits per heavy atom. The number of hydrogen-bond donors (Lipinski definition) is 1. The maximum atomic E-state index is 12.8. The van der Waals surface area contributed by atoms with Crippen LogP contribution in [0.4, 0.5) is 0 Å². The molecule has 0 atom stereocenters. The van der Waals surface area contributed by atoms with Crippen molar-refractivity contribution in [2.75, 3.05) is 19.7 Å². The molecule has 1 aliphatic heterocycles. The molecule has 0 fully saturated rings. The molecule has 2 aromatic carbocycles. The number of nitriles is 1. The van der Waals surface area contributed by atoms with Gasteiger partial charge < -0.3 is 10.1 Å². The number of ether oxygens (including phenoxy) is 1. The van der Waals surface area contributed by atoms with Crippen LogP contribution in [0.15, 0.2) is 78.4 Å². The van der Waals surface area contributed by atoms with Crippen molar-refractivity contribution >= 4 is 29.3 Å². The molecule has 0 unspecified atom stereocenters. The van der Waals surface area contributed by atoms with Crippen molar-refractivity contribution in [1.29, 1.82) is 5.26 Å². The van der Waals surface area contributed by atoms with Crippen LogP contribution in [-0.4, -0.2) is 48.3 Å². The fourth-order valence-corrected chi connectivity index (χ4v) is 4.22. The number of imide groups is 1. The summed E-state index contributed by atoms with van der Waals surface area (Å²) >= 11 is 0. The lowest BCUT2D eigenvalue weighted by Crippen LogP contribution is -2.34. The molecule has 0 aliphatic carbocycles. The highest BCUT2D eigenvalue weighted by Crippen LogP contribution is 2.27. The van der Waals surface area contributed by atoms with E-state index in [0.29, 0.717) is 18.5 Å². The lowest BCUT2D eigenvalue weighted by molar-refractivity contribution is -0.139. The summed E-state index contributed by atoms with van der Waals surface area (Å²) in [7, 11) is 0. The van der Waals surface area contributed by atoms with Gasteiger partial charge in [-0.05, 0) is 24.0 Å². The molecule has 0 bridgehead atoms. The Bertz CT molecular complexity index is 1190. The molecular formula is C31H33N3O5. The summed E-state index contributed by atoms with van der Waals surface area (Å²) < 4.78 is 5.45. The smallest absolute Gasteiger partial charge is 0.349 e. The Morgan fingerprint density at radius 2 is 1.33 bits per heavy atom. The van der Waals surface area contributed by atoms with E-state index in [4.69, 9.17) is 4.74 Å². The van der Waals surface area contributed by atoms with Crippen LogP contribution in [0.1, 0.15) is 56.1 Å². The first kappa shape index (κ1) is 29.1. The van der Waals surface area contributed by atoms with E-state index < -0.39 is 5.97 Å². The van der Waals surface area contributed by atoms with E-state index in [1.807, 2.05) is 60.7 Å². The second-order valence-electron chi connectivity index (χ2n) is 9.11.